The second kappa shape index (κ2) is 9.44. The molecule has 0 unspecified atom stereocenters. The van der Waals surface area contributed by atoms with Crippen molar-refractivity contribution < 1.29 is 27.7 Å². The van der Waals surface area contributed by atoms with Gasteiger partial charge in [0.25, 0.3) is 0 Å². The first-order valence-corrected chi connectivity index (χ1v) is 13.4. The molecule has 9 aromatic rings. The van der Waals surface area contributed by atoms with E-state index in [1.165, 1.54) is 0 Å². The summed E-state index contributed by atoms with van der Waals surface area (Å²) in [6.45, 7) is 0. The van der Waals surface area contributed by atoms with Crippen molar-refractivity contribution in [3.05, 3.63) is 157 Å². The maximum atomic E-state index is 9.39. The molecule has 0 saturated heterocycles. The third-order valence-electron chi connectivity index (χ3n) is 7.63. The monoisotopic (exact) mass is 563 g/mol. The lowest BCUT2D eigenvalue weighted by Crippen LogP contribution is -1.91. The van der Waals surface area contributed by atoms with Gasteiger partial charge in [0.05, 0.1) is 23.3 Å². The summed E-state index contributed by atoms with van der Waals surface area (Å²) in [4.78, 5) is 0. The molecule has 1 heteroatoms. The quantitative estimate of drug-likeness (QED) is 0.195. The van der Waals surface area contributed by atoms with E-state index in [1.807, 2.05) is 36.4 Å². The molecule has 1 nitrogen and oxygen atoms in total. The summed E-state index contributed by atoms with van der Waals surface area (Å²) in [5.74, 6) is 0. The number of fused-ring (bicyclic) bond motifs is 6. The lowest BCUT2D eigenvalue weighted by Gasteiger charge is -2.18. The number of benzene rings is 8. The Morgan fingerprint density at radius 3 is 1.65 bits per heavy atom. The minimum atomic E-state index is -0.863. The second-order valence-corrected chi connectivity index (χ2v) is 9.98. The van der Waals surface area contributed by atoms with Crippen LogP contribution >= 0.6 is 0 Å². The number of furan rings is 1. The Bertz CT molecular complexity index is 3320. The van der Waals surface area contributed by atoms with Gasteiger partial charge < -0.3 is 4.42 Å². The molecule has 0 amide bonds. The van der Waals surface area contributed by atoms with Gasteiger partial charge in [0.15, 0.2) is 0 Å². The predicted molar refractivity (Wildman–Crippen MR) is 183 cm³/mol. The Morgan fingerprint density at radius 2 is 0.977 bits per heavy atom. The van der Waals surface area contributed by atoms with Crippen molar-refractivity contribution in [1.29, 1.82) is 0 Å². The number of hydrogen-bond acceptors (Lipinski definition) is 1. The van der Waals surface area contributed by atoms with Gasteiger partial charge in [0.2, 0.25) is 0 Å². The van der Waals surface area contributed by atoms with Gasteiger partial charge in [-0.1, -0.05) is 139 Å². The van der Waals surface area contributed by atoms with Crippen molar-refractivity contribution in [1.82, 2.24) is 0 Å². The van der Waals surface area contributed by atoms with Crippen LogP contribution in [0.3, 0.4) is 0 Å². The number of hydrogen-bond donors (Lipinski definition) is 0. The maximum Gasteiger partial charge on any atom is 0.136 e. The van der Waals surface area contributed by atoms with Crippen LogP contribution in [0.15, 0.2) is 162 Å². The molecule has 0 fully saturated rings. The normalized spacial score (nSPS) is 17.3. The minimum Gasteiger partial charge on any atom is -0.456 e. The minimum absolute atomic E-state index is 0.0183. The lowest BCUT2D eigenvalue weighted by molar-refractivity contribution is 0.669. The molecule has 200 valence electrons. The summed E-state index contributed by atoms with van der Waals surface area (Å²) < 4.78 is 158. The van der Waals surface area contributed by atoms with Crippen LogP contribution in [0.5, 0.6) is 0 Å². The van der Waals surface area contributed by atoms with E-state index in [-0.39, 0.29) is 32.7 Å². The molecule has 9 rings (SSSR count). The van der Waals surface area contributed by atoms with Crippen molar-refractivity contribution in [2.75, 3.05) is 0 Å². The molecule has 0 N–H and O–H groups in total. The first kappa shape index (κ1) is 12.7. The molecule has 0 atom stereocenters. The van der Waals surface area contributed by atoms with Gasteiger partial charge in [0, 0.05) is 10.8 Å². The third-order valence-corrected chi connectivity index (χ3v) is 7.63. The van der Waals surface area contributed by atoms with Crippen molar-refractivity contribution in [3.8, 4) is 33.4 Å². The number of rotatable bonds is 3. The van der Waals surface area contributed by atoms with Crippen LogP contribution < -0.4 is 0 Å². The molecule has 0 aliphatic carbocycles. The summed E-state index contributed by atoms with van der Waals surface area (Å²) in [6, 6.07) is 3.50. The van der Waals surface area contributed by atoms with Crippen LogP contribution in [0, 0.1) is 0 Å². The van der Waals surface area contributed by atoms with E-state index in [1.54, 1.807) is 18.2 Å². The van der Waals surface area contributed by atoms with Crippen LogP contribution in [-0.2, 0) is 0 Å². The zero-order chi connectivity index (χ0) is 43.1. The molecule has 43 heavy (non-hydrogen) atoms. The van der Waals surface area contributed by atoms with Gasteiger partial charge in [-0.3, -0.25) is 0 Å². The highest BCUT2D eigenvalue weighted by molar-refractivity contribution is 6.26. The SMILES string of the molecule is [2H]c1c([2H])c([2H])c(-c2c([2H])c([2H])c(-c3c4c([2H])c([2H])c([2H])c([2H])c4c(-c4cccc5oc6cc7ccccc7cc6c45)c4c([2H])c([2H])c([2H])c([2H])c34)c([2H])c2[2H])c([2H])c1[2H]. The van der Waals surface area contributed by atoms with Crippen molar-refractivity contribution >= 4 is 54.3 Å². The Morgan fingerprint density at radius 1 is 0.419 bits per heavy atom. The molecule has 0 saturated carbocycles. The lowest BCUT2D eigenvalue weighted by atomic mass is 9.84. The van der Waals surface area contributed by atoms with E-state index >= 15 is 0 Å². The van der Waals surface area contributed by atoms with Gasteiger partial charge in [-0.05, 0) is 83.9 Å². The molecule has 0 radical (unpaired) electrons. The molecule has 0 aliphatic heterocycles. The summed E-state index contributed by atoms with van der Waals surface area (Å²) in [7, 11) is 0. The molecule has 1 heterocycles. The zero-order valence-corrected chi connectivity index (χ0v) is 22.1. The van der Waals surface area contributed by atoms with E-state index in [4.69, 9.17) is 19.5 Å². The van der Waals surface area contributed by atoms with Gasteiger partial charge in [-0.2, -0.15) is 0 Å². The molecular formula is C42H26O. The summed E-state index contributed by atoms with van der Waals surface area (Å²) in [6.07, 6.45) is 0. The fourth-order valence-corrected chi connectivity index (χ4v) is 5.80. The van der Waals surface area contributed by atoms with Gasteiger partial charge in [-0.15, -0.1) is 0 Å². The largest absolute Gasteiger partial charge is 0.456 e. The highest BCUT2D eigenvalue weighted by atomic mass is 16.3. The molecular weight excluding hydrogens is 520 g/mol. The Labute approximate surface area is 273 Å². The highest BCUT2D eigenvalue weighted by Gasteiger charge is 2.20. The van der Waals surface area contributed by atoms with Gasteiger partial charge in [-0.25, -0.2) is 0 Å². The van der Waals surface area contributed by atoms with E-state index in [2.05, 4.69) is 0 Å². The van der Waals surface area contributed by atoms with Crippen LogP contribution in [0.1, 0.15) is 23.3 Å². The van der Waals surface area contributed by atoms with Crippen molar-refractivity contribution in [2.24, 2.45) is 0 Å². The maximum absolute atomic E-state index is 9.39. The molecule has 1 aromatic heterocycles. The Hall–Kier alpha value is -5.66. The van der Waals surface area contributed by atoms with Crippen molar-refractivity contribution in [3.63, 3.8) is 0 Å². The van der Waals surface area contributed by atoms with Crippen LogP contribution in [0.4, 0.5) is 0 Å². The molecule has 8 aromatic carbocycles. The standard InChI is InChI=1S/C42H26O/c1-2-11-27(12-3-1)28-21-23-29(24-22-28)40-32-15-6-8-17-34(32)41(35-18-9-7-16-33(35)40)36-19-10-20-38-42(36)37-25-30-13-4-5-14-31(30)26-39(37)43-38/h1-26H/i1D,2D,3D,6D,7D,8D,9D,11D,12D,15D,16D,17D,18D,21D,22D,23D,24D. The third kappa shape index (κ3) is 3.72. The summed E-state index contributed by atoms with van der Waals surface area (Å²) in [5.41, 5.74) is -1.17. The summed E-state index contributed by atoms with van der Waals surface area (Å²) >= 11 is 0. The smallest absolute Gasteiger partial charge is 0.136 e. The first-order valence-electron chi connectivity index (χ1n) is 21.9. The van der Waals surface area contributed by atoms with Crippen LogP contribution in [0.25, 0.3) is 87.6 Å². The first-order chi connectivity index (χ1) is 28.4. The van der Waals surface area contributed by atoms with Crippen LogP contribution in [-0.4, -0.2) is 0 Å². The summed E-state index contributed by atoms with van der Waals surface area (Å²) in [5, 5.41) is 1.62. The van der Waals surface area contributed by atoms with E-state index in [9.17, 15) is 8.22 Å². The van der Waals surface area contributed by atoms with Crippen molar-refractivity contribution in [2.45, 2.75) is 0 Å². The van der Waals surface area contributed by atoms with E-state index in [0.717, 1.165) is 10.8 Å². The predicted octanol–water partition coefficient (Wildman–Crippen LogP) is 12.0. The highest BCUT2D eigenvalue weighted by Crippen LogP contribution is 2.47. The van der Waals surface area contributed by atoms with Gasteiger partial charge >= 0.3 is 0 Å². The Balaban J connectivity index is 1.54. The Kier molecular flexibility index (Phi) is 2.79. The van der Waals surface area contributed by atoms with E-state index in [0.29, 0.717) is 21.9 Å². The molecule has 0 bridgehead atoms. The van der Waals surface area contributed by atoms with Gasteiger partial charge in [0.1, 0.15) is 11.2 Å². The van der Waals surface area contributed by atoms with E-state index < -0.39 is 125 Å². The molecule has 0 aliphatic rings. The second-order valence-electron chi connectivity index (χ2n) is 9.98. The topological polar surface area (TPSA) is 13.1 Å². The fraction of sp³-hybridized carbons (Fsp3) is 0. The fourth-order valence-electron chi connectivity index (χ4n) is 5.80. The van der Waals surface area contributed by atoms with Crippen LogP contribution in [0.2, 0.25) is 0 Å². The zero-order valence-electron chi connectivity index (χ0n) is 39.1. The molecule has 0 spiro atoms. The average molecular weight is 564 g/mol. The average Bonchev–Trinajstić information content (AvgIpc) is 3.61.